The van der Waals surface area contributed by atoms with E-state index in [0.29, 0.717) is 16.5 Å². The zero-order valence-corrected chi connectivity index (χ0v) is 30.5. The molecule has 2 amide bonds. The van der Waals surface area contributed by atoms with Crippen LogP contribution in [0.4, 0.5) is 5.69 Å². The van der Waals surface area contributed by atoms with Crippen LogP contribution in [-0.4, -0.2) is 58.0 Å². The van der Waals surface area contributed by atoms with Crippen molar-refractivity contribution in [2.45, 2.75) is 69.5 Å². The van der Waals surface area contributed by atoms with Gasteiger partial charge in [-0.3, -0.25) is 13.9 Å². The second kappa shape index (κ2) is 16.4. The van der Waals surface area contributed by atoms with Crippen LogP contribution in [0.3, 0.4) is 0 Å². The fourth-order valence-corrected chi connectivity index (χ4v) is 7.98. The Hall–Kier alpha value is -4.54. The molecule has 0 saturated heterocycles. The molecule has 11 heteroatoms. The van der Waals surface area contributed by atoms with Gasteiger partial charge in [0.1, 0.15) is 12.6 Å². The third-order valence-electron chi connectivity index (χ3n) is 8.96. The largest absolute Gasteiger partial charge is 0.493 e. The van der Waals surface area contributed by atoms with Crippen molar-refractivity contribution in [3.63, 3.8) is 0 Å². The summed E-state index contributed by atoms with van der Waals surface area (Å²) in [5.74, 6) is -0.211. The molecule has 0 aromatic heterocycles. The highest BCUT2D eigenvalue weighted by Crippen LogP contribution is 2.33. The van der Waals surface area contributed by atoms with Crippen molar-refractivity contribution in [2.75, 3.05) is 25.1 Å². The van der Waals surface area contributed by atoms with Crippen LogP contribution in [0.15, 0.2) is 95.9 Å². The van der Waals surface area contributed by atoms with Gasteiger partial charge in [-0.2, -0.15) is 0 Å². The molecule has 1 saturated carbocycles. The van der Waals surface area contributed by atoms with Crippen LogP contribution >= 0.6 is 11.6 Å². The lowest BCUT2D eigenvalue weighted by atomic mass is 10.0. The summed E-state index contributed by atoms with van der Waals surface area (Å²) in [6, 6.07) is 25.4. The number of amides is 2. The smallest absolute Gasteiger partial charge is 0.264 e. The maximum atomic E-state index is 14.8. The predicted octanol–water partition coefficient (Wildman–Crippen LogP) is 6.87. The van der Waals surface area contributed by atoms with Gasteiger partial charge in [0.25, 0.3) is 10.0 Å². The Morgan fingerprint density at radius 1 is 0.840 bits per heavy atom. The molecule has 264 valence electrons. The number of hydrogen-bond acceptors (Lipinski definition) is 6. The Bertz CT molecular complexity index is 1880. The minimum Gasteiger partial charge on any atom is -0.493 e. The van der Waals surface area contributed by atoms with Crippen molar-refractivity contribution < 1.29 is 27.5 Å². The van der Waals surface area contributed by atoms with Gasteiger partial charge in [-0.1, -0.05) is 73.0 Å². The normalized spacial score (nSPS) is 13.8. The fourth-order valence-electron chi connectivity index (χ4n) is 6.44. The predicted molar refractivity (Wildman–Crippen MR) is 196 cm³/mol. The standard InChI is InChI=1S/C39H44ClN3O6S/c1-27-20-28(2)22-33(21-27)43(50(46,47)34-18-19-36(48-3)37(24-34)49-4)26-38(44)42(25-30-14-16-31(40)17-15-30)35(23-29-10-6-5-7-11-29)39(45)41-32-12-8-9-13-32/h5-7,10-11,14-22,24,32,35H,8-9,12-13,23,25-26H2,1-4H3,(H,41,45). The number of benzene rings is 4. The van der Waals surface area contributed by atoms with Crippen molar-refractivity contribution in [3.05, 3.63) is 118 Å². The maximum absolute atomic E-state index is 14.8. The van der Waals surface area contributed by atoms with Crippen molar-refractivity contribution in [3.8, 4) is 11.5 Å². The molecule has 1 N–H and O–H groups in total. The molecule has 1 fully saturated rings. The maximum Gasteiger partial charge on any atom is 0.264 e. The number of nitrogens with zero attached hydrogens (tertiary/aromatic N) is 2. The van der Waals surface area contributed by atoms with Gasteiger partial charge in [0.15, 0.2) is 11.5 Å². The Morgan fingerprint density at radius 3 is 2.10 bits per heavy atom. The summed E-state index contributed by atoms with van der Waals surface area (Å²) in [5, 5.41) is 3.73. The van der Waals surface area contributed by atoms with Crippen molar-refractivity contribution in [1.29, 1.82) is 0 Å². The number of ether oxygens (including phenoxy) is 2. The van der Waals surface area contributed by atoms with Gasteiger partial charge in [-0.05, 0) is 85.3 Å². The highest BCUT2D eigenvalue weighted by Gasteiger charge is 2.36. The second-order valence-corrected chi connectivity index (χ2v) is 15.0. The van der Waals surface area contributed by atoms with Gasteiger partial charge in [0.05, 0.1) is 24.8 Å². The van der Waals surface area contributed by atoms with Crippen molar-refractivity contribution in [1.82, 2.24) is 10.2 Å². The van der Waals surface area contributed by atoms with Crippen LogP contribution in [0.1, 0.15) is 47.9 Å². The SMILES string of the molecule is COc1ccc(S(=O)(=O)N(CC(=O)N(Cc2ccc(Cl)cc2)C(Cc2ccccc2)C(=O)NC2CCCC2)c2cc(C)cc(C)c2)cc1OC. The van der Waals surface area contributed by atoms with E-state index in [1.54, 1.807) is 36.4 Å². The minimum absolute atomic E-state index is 0.0189. The molecule has 4 aromatic rings. The van der Waals surface area contributed by atoms with E-state index in [0.717, 1.165) is 52.2 Å². The number of aryl methyl sites for hydroxylation is 2. The summed E-state index contributed by atoms with van der Waals surface area (Å²) in [5.41, 5.74) is 3.60. The van der Waals surface area contributed by atoms with E-state index in [2.05, 4.69) is 5.32 Å². The number of methoxy groups -OCH3 is 2. The van der Waals surface area contributed by atoms with Crippen molar-refractivity contribution >= 4 is 39.1 Å². The molecule has 0 radical (unpaired) electrons. The molecule has 5 rings (SSSR count). The number of halogens is 1. The highest BCUT2D eigenvalue weighted by molar-refractivity contribution is 7.92. The van der Waals surface area contributed by atoms with E-state index >= 15 is 0 Å². The summed E-state index contributed by atoms with van der Waals surface area (Å²) in [4.78, 5) is 30.4. The number of sulfonamides is 1. The number of carbonyl (C=O) groups excluding carboxylic acids is 2. The Morgan fingerprint density at radius 2 is 1.48 bits per heavy atom. The topological polar surface area (TPSA) is 105 Å². The number of carbonyl (C=O) groups is 2. The second-order valence-electron chi connectivity index (χ2n) is 12.7. The Labute approximate surface area is 300 Å². The first-order valence-electron chi connectivity index (χ1n) is 16.7. The Kier molecular flexibility index (Phi) is 12.1. The zero-order valence-electron chi connectivity index (χ0n) is 28.9. The summed E-state index contributed by atoms with van der Waals surface area (Å²) < 4.78 is 41.0. The minimum atomic E-state index is -4.34. The lowest BCUT2D eigenvalue weighted by Gasteiger charge is -2.34. The Balaban J connectivity index is 1.60. The summed E-state index contributed by atoms with van der Waals surface area (Å²) in [7, 11) is -1.45. The van der Waals surface area contributed by atoms with E-state index in [1.165, 1.54) is 37.3 Å². The molecule has 9 nitrogen and oxygen atoms in total. The average Bonchev–Trinajstić information content (AvgIpc) is 3.62. The molecule has 0 bridgehead atoms. The summed E-state index contributed by atoms with van der Waals surface area (Å²) >= 11 is 6.20. The molecule has 1 aliphatic rings. The van der Waals surface area contributed by atoms with Gasteiger partial charge in [-0.15, -0.1) is 0 Å². The number of nitrogens with one attached hydrogen (secondary N) is 1. The van der Waals surface area contributed by atoms with Gasteiger partial charge in [0.2, 0.25) is 11.8 Å². The zero-order chi connectivity index (χ0) is 35.8. The van der Waals surface area contributed by atoms with Gasteiger partial charge in [0, 0.05) is 30.1 Å². The van der Waals surface area contributed by atoms with Gasteiger partial charge in [-0.25, -0.2) is 8.42 Å². The molecule has 50 heavy (non-hydrogen) atoms. The molecule has 1 atom stereocenters. The monoisotopic (exact) mass is 717 g/mol. The van der Waals surface area contributed by atoms with Crippen LogP contribution < -0.4 is 19.1 Å². The third kappa shape index (κ3) is 8.97. The highest BCUT2D eigenvalue weighted by atomic mass is 35.5. The lowest BCUT2D eigenvalue weighted by Crippen LogP contribution is -2.54. The van der Waals surface area contributed by atoms with Crippen molar-refractivity contribution in [2.24, 2.45) is 0 Å². The molecule has 0 spiro atoms. The molecular weight excluding hydrogens is 674 g/mol. The van der Waals surface area contributed by atoms with E-state index in [4.69, 9.17) is 21.1 Å². The summed E-state index contributed by atoms with van der Waals surface area (Å²) in [6.45, 7) is 3.24. The first-order chi connectivity index (χ1) is 24.0. The van der Waals surface area contributed by atoms with E-state index in [1.807, 2.05) is 50.2 Å². The van der Waals surface area contributed by atoms with Crippen LogP contribution in [0, 0.1) is 13.8 Å². The quantitative estimate of drug-likeness (QED) is 0.153. The van der Waals surface area contributed by atoms with Crippen LogP contribution in [0.5, 0.6) is 11.5 Å². The molecule has 4 aromatic carbocycles. The molecule has 1 unspecified atom stereocenters. The molecule has 0 heterocycles. The number of hydrogen-bond donors (Lipinski definition) is 1. The lowest BCUT2D eigenvalue weighted by molar-refractivity contribution is -0.140. The van der Waals surface area contributed by atoms with Crippen LogP contribution in [-0.2, 0) is 32.6 Å². The van der Waals surface area contributed by atoms with E-state index < -0.39 is 28.5 Å². The molecular formula is C39H44ClN3O6S. The summed E-state index contributed by atoms with van der Waals surface area (Å²) in [6.07, 6.45) is 4.05. The van der Waals surface area contributed by atoms with Gasteiger partial charge < -0.3 is 19.7 Å². The first kappa shape index (κ1) is 36.7. The van der Waals surface area contributed by atoms with E-state index in [9.17, 15) is 18.0 Å². The number of rotatable bonds is 14. The van der Waals surface area contributed by atoms with Crippen LogP contribution in [0.25, 0.3) is 0 Å². The van der Waals surface area contributed by atoms with Gasteiger partial charge >= 0.3 is 0 Å². The van der Waals surface area contributed by atoms with E-state index in [-0.39, 0.29) is 35.6 Å². The molecule has 1 aliphatic carbocycles. The number of anilines is 1. The molecule has 0 aliphatic heterocycles. The first-order valence-corrected chi connectivity index (χ1v) is 18.5. The fraction of sp³-hybridized carbons (Fsp3) is 0.333. The third-order valence-corrected chi connectivity index (χ3v) is 11.0. The average molecular weight is 718 g/mol. The van der Waals surface area contributed by atoms with Crippen LogP contribution in [0.2, 0.25) is 5.02 Å².